The van der Waals surface area contributed by atoms with E-state index in [9.17, 15) is 9.18 Å². The van der Waals surface area contributed by atoms with Gasteiger partial charge in [-0.1, -0.05) is 12.1 Å². The molecule has 0 saturated carbocycles. The van der Waals surface area contributed by atoms with E-state index >= 15 is 0 Å². The molecule has 1 rings (SSSR count). The number of ether oxygens (including phenoxy) is 2. The molecule has 3 nitrogen and oxygen atoms in total. The molecule has 1 aromatic rings. The third-order valence-electron chi connectivity index (χ3n) is 1.99. The van der Waals surface area contributed by atoms with Gasteiger partial charge in [-0.2, -0.15) is 0 Å². The Hall–Kier alpha value is -1.58. The number of carbonyl (C=O) groups is 1. The van der Waals surface area contributed by atoms with Gasteiger partial charge in [-0.15, -0.1) is 0 Å². The second-order valence-electron chi connectivity index (χ2n) is 3.17. The largest absolute Gasteiger partial charge is 0.476 e. The Morgan fingerprint density at radius 3 is 2.73 bits per heavy atom. The van der Waals surface area contributed by atoms with Crippen molar-refractivity contribution in [3.63, 3.8) is 0 Å². The van der Waals surface area contributed by atoms with Crippen molar-refractivity contribution in [1.29, 1.82) is 0 Å². The summed E-state index contributed by atoms with van der Waals surface area (Å²) < 4.78 is 23.0. The summed E-state index contributed by atoms with van der Waals surface area (Å²) in [5.74, 6) is -0.919. The van der Waals surface area contributed by atoms with Gasteiger partial charge in [0.2, 0.25) is 0 Å². The summed E-state index contributed by atoms with van der Waals surface area (Å²) in [5, 5.41) is 0. The second kappa shape index (κ2) is 4.77. The predicted octanol–water partition coefficient (Wildman–Crippen LogP) is 2.07. The van der Waals surface area contributed by atoms with Gasteiger partial charge < -0.3 is 9.47 Å². The highest BCUT2D eigenvalue weighted by Gasteiger charge is 2.17. The zero-order chi connectivity index (χ0) is 11.4. The summed E-state index contributed by atoms with van der Waals surface area (Å²) in [4.78, 5) is 11.0. The van der Waals surface area contributed by atoms with Crippen LogP contribution in [0.15, 0.2) is 18.2 Å². The molecule has 0 radical (unpaired) electrons. The fraction of sp³-hybridized carbons (Fsp3) is 0.364. The highest BCUT2D eigenvalue weighted by Crippen LogP contribution is 2.20. The summed E-state index contributed by atoms with van der Waals surface area (Å²) in [6.07, 6.45) is -0.814. The normalized spacial score (nSPS) is 12.0. The quantitative estimate of drug-likeness (QED) is 0.719. The molecular weight excluding hydrogens is 199 g/mol. The fourth-order valence-electron chi connectivity index (χ4n) is 1.12. The molecule has 0 amide bonds. The first-order chi connectivity index (χ1) is 7.06. The minimum absolute atomic E-state index is 0.0629. The van der Waals surface area contributed by atoms with E-state index in [2.05, 4.69) is 4.74 Å². The van der Waals surface area contributed by atoms with Crippen molar-refractivity contribution in [3.8, 4) is 5.75 Å². The Labute approximate surface area is 87.8 Å². The molecule has 0 saturated heterocycles. The maximum absolute atomic E-state index is 13.5. The van der Waals surface area contributed by atoms with Crippen molar-refractivity contribution in [2.45, 2.75) is 20.0 Å². The van der Waals surface area contributed by atoms with E-state index in [0.29, 0.717) is 5.56 Å². The fourth-order valence-corrected chi connectivity index (χ4v) is 1.12. The van der Waals surface area contributed by atoms with Crippen LogP contribution in [0.25, 0.3) is 0 Å². The molecular formula is C11H13FO3. The van der Waals surface area contributed by atoms with Crippen LogP contribution in [-0.2, 0) is 9.53 Å². The Kier molecular flexibility index (Phi) is 3.66. The minimum Gasteiger partial charge on any atom is -0.476 e. The molecule has 0 bridgehead atoms. The first-order valence-corrected chi connectivity index (χ1v) is 4.56. The number of carbonyl (C=O) groups excluding carboxylic acids is 1. The average molecular weight is 212 g/mol. The number of aryl methyl sites for hydroxylation is 1. The standard InChI is InChI=1S/C11H13FO3/c1-7-5-4-6-9(10(7)12)15-8(2)11(13)14-3/h4-6,8H,1-3H3. The Balaban J connectivity index is 2.81. The topological polar surface area (TPSA) is 35.5 Å². The van der Waals surface area contributed by atoms with E-state index in [1.54, 1.807) is 19.1 Å². The number of hydrogen-bond acceptors (Lipinski definition) is 3. The maximum Gasteiger partial charge on any atom is 0.346 e. The van der Waals surface area contributed by atoms with Gasteiger partial charge in [0.05, 0.1) is 7.11 Å². The molecule has 0 fully saturated rings. The molecule has 0 spiro atoms. The number of benzene rings is 1. The van der Waals surface area contributed by atoms with Gasteiger partial charge in [-0.3, -0.25) is 0 Å². The van der Waals surface area contributed by atoms with Gasteiger partial charge in [0.25, 0.3) is 0 Å². The third kappa shape index (κ3) is 2.68. The van der Waals surface area contributed by atoms with Gasteiger partial charge in [0.1, 0.15) is 0 Å². The SMILES string of the molecule is COC(=O)C(C)Oc1cccc(C)c1F. The average Bonchev–Trinajstić information content (AvgIpc) is 2.23. The van der Waals surface area contributed by atoms with Crippen LogP contribution >= 0.6 is 0 Å². The predicted molar refractivity (Wildman–Crippen MR) is 53.2 cm³/mol. The van der Waals surface area contributed by atoms with E-state index in [1.165, 1.54) is 20.1 Å². The van der Waals surface area contributed by atoms with Crippen LogP contribution in [0.1, 0.15) is 12.5 Å². The van der Waals surface area contributed by atoms with Gasteiger partial charge >= 0.3 is 5.97 Å². The van der Waals surface area contributed by atoms with Crippen LogP contribution in [0, 0.1) is 12.7 Å². The van der Waals surface area contributed by atoms with Crippen molar-refractivity contribution in [2.75, 3.05) is 7.11 Å². The minimum atomic E-state index is -0.814. The summed E-state index contributed by atoms with van der Waals surface area (Å²) in [7, 11) is 1.26. The molecule has 1 unspecified atom stereocenters. The smallest absolute Gasteiger partial charge is 0.346 e. The van der Waals surface area contributed by atoms with Crippen LogP contribution in [0.4, 0.5) is 4.39 Å². The maximum atomic E-state index is 13.5. The molecule has 4 heteroatoms. The van der Waals surface area contributed by atoms with Crippen LogP contribution in [-0.4, -0.2) is 19.2 Å². The lowest BCUT2D eigenvalue weighted by molar-refractivity contribution is -0.148. The first kappa shape index (κ1) is 11.5. The number of hydrogen-bond donors (Lipinski definition) is 0. The van der Waals surface area contributed by atoms with Gasteiger partial charge in [-0.25, -0.2) is 9.18 Å². The lowest BCUT2D eigenvalue weighted by Crippen LogP contribution is -2.25. The summed E-state index contributed by atoms with van der Waals surface area (Å²) in [6.45, 7) is 3.14. The van der Waals surface area contributed by atoms with E-state index in [4.69, 9.17) is 4.74 Å². The second-order valence-corrected chi connectivity index (χ2v) is 3.17. The van der Waals surface area contributed by atoms with E-state index in [-0.39, 0.29) is 5.75 Å². The van der Waals surface area contributed by atoms with Crippen LogP contribution in [0.5, 0.6) is 5.75 Å². The zero-order valence-corrected chi connectivity index (χ0v) is 8.91. The van der Waals surface area contributed by atoms with Gasteiger partial charge in [0.15, 0.2) is 17.7 Å². The summed E-state index contributed by atoms with van der Waals surface area (Å²) in [5.41, 5.74) is 0.476. The van der Waals surface area contributed by atoms with E-state index in [1.807, 2.05) is 0 Å². The van der Waals surface area contributed by atoms with Crippen LogP contribution < -0.4 is 4.74 Å². The first-order valence-electron chi connectivity index (χ1n) is 4.56. The molecule has 0 aromatic heterocycles. The van der Waals surface area contributed by atoms with Crippen molar-refractivity contribution < 1.29 is 18.7 Å². The van der Waals surface area contributed by atoms with Crippen molar-refractivity contribution in [2.24, 2.45) is 0 Å². The van der Waals surface area contributed by atoms with Crippen LogP contribution in [0.3, 0.4) is 0 Å². The number of halogens is 1. The molecule has 0 heterocycles. The highest BCUT2D eigenvalue weighted by atomic mass is 19.1. The van der Waals surface area contributed by atoms with E-state index < -0.39 is 17.9 Å². The van der Waals surface area contributed by atoms with Gasteiger partial charge in [0, 0.05) is 0 Å². The molecule has 0 aliphatic rings. The molecule has 1 aromatic carbocycles. The Morgan fingerprint density at radius 1 is 1.47 bits per heavy atom. The summed E-state index contributed by atoms with van der Waals surface area (Å²) in [6, 6.07) is 4.77. The van der Waals surface area contributed by atoms with Crippen molar-refractivity contribution >= 4 is 5.97 Å². The van der Waals surface area contributed by atoms with E-state index in [0.717, 1.165) is 0 Å². The molecule has 82 valence electrons. The monoisotopic (exact) mass is 212 g/mol. The number of methoxy groups -OCH3 is 1. The van der Waals surface area contributed by atoms with Crippen molar-refractivity contribution in [1.82, 2.24) is 0 Å². The highest BCUT2D eigenvalue weighted by molar-refractivity contribution is 5.74. The van der Waals surface area contributed by atoms with Crippen molar-refractivity contribution in [3.05, 3.63) is 29.6 Å². The lowest BCUT2D eigenvalue weighted by atomic mass is 10.2. The lowest BCUT2D eigenvalue weighted by Gasteiger charge is -2.13. The number of rotatable bonds is 3. The summed E-state index contributed by atoms with van der Waals surface area (Å²) >= 11 is 0. The number of esters is 1. The molecule has 0 N–H and O–H groups in total. The van der Waals surface area contributed by atoms with Crippen LogP contribution in [0.2, 0.25) is 0 Å². The molecule has 15 heavy (non-hydrogen) atoms. The molecule has 0 aliphatic carbocycles. The third-order valence-corrected chi connectivity index (χ3v) is 1.99. The Bertz CT molecular complexity index is 363. The Morgan fingerprint density at radius 2 is 2.13 bits per heavy atom. The zero-order valence-electron chi connectivity index (χ0n) is 8.91. The molecule has 1 atom stereocenters. The van der Waals surface area contributed by atoms with Gasteiger partial charge in [-0.05, 0) is 25.5 Å². The molecule has 0 aliphatic heterocycles.